The van der Waals surface area contributed by atoms with Gasteiger partial charge in [-0.15, -0.1) is 0 Å². The number of hydrogen-bond donors (Lipinski definition) is 2. The zero-order valence-electron chi connectivity index (χ0n) is 16.8. The fraction of sp³-hybridized carbons (Fsp3) is 0.0909. The van der Waals surface area contributed by atoms with Crippen molar-refractivity contribution in [3.05, 3.63) is 94.4 Å². The van der Waals surface area contributed by atoms with Gasteiger partial charge in [0.1, 0.15) is 5.69 Å². The number of ether oxygens (including phenoxy) is 1. The van der Waals surface area contributed by atoms with E-state index in [1.54, 1.807) is 61.7 Å². The summed E-state index contributed by atoms with van der Waals surface area (Å²) in [6.07, 6.45) is 1.61. The predicted molar refractivity (Wildman–Crippen MR) is 114 cm³/mol. The third-order valence-electron chi connectivity index (χ3n) is 4.66. The van der Waals surface area contributed by atoms with Crippen molar-refractivity contribution in [2.75, 3.05) is 12.4 Å². The molecule has 156 valence electrons. The molecule has 0 aliphatic rings. The van der Waals surface area contributed by atoms with E-state index in [2.05, 4.69) is 15.4 Å². The number of rotatable bonds is 5. The maximum absolute atomic E-state index is 13.1. The Morgan fingerprint density at radius 1 is 1.03 bits per heavy atom. The lowest BCUT2D eigenvalue weighted by Crippen LogP contribution is -2.18. The minimum atomic E-state index is -0.645. The topological polar surface area (TPSA) is 111 Å². The second kappa shape index (κ2) is 8.15. The molecule has 0 aliphatic heterocycles. The van der Waals surface area contributed by atoms with Crippen molar-refractivity contribution >= 4 is 17.6 Å². The molecule has 0 bridgehead atoms. The van der Waals surface area contributed by atoms with Crippen molar-refractivity contribution in [2.45, 2.75) is 6.92 Å². The lowest BCUT2D eigenvalue weighted by atomic mass is 10.2. The molecular formula is C22H19N5O4. The Hall–Kier alpha value is -4.40. The number of H-pyrrole nitrogens is 1. The predicted octanol–water partition coefficient (Wildman–Crippen LogP) is 2.70. The first-order chi connectivity index (χ1) is 15.0. The van der Waals surface area contributed by atoms with E-state index in [1.807, 2.05) is 6.07 Å². The van der Waals surface area contributed by atoms with Crippen LogP contribution in [0.4, 0.5) is 5.69 Å². The highest BCUT2D eigenvalue weighted by atomic mass is 16.5. The molecule has 0 aliphatic carbocycles. The van der Waals surface area contributed by atoms with Crippen molar-refractivity contribution < 1.29 is 14.3 Å². The summed E-state index contributed by atoms with van der Waals surface area (Å²) in [5.74, 6) is -1.12. The summed E-state index contributed by atoms with van der Waals surface area (Å²) in [7, 11) is 1.25. The molecule has 0 radical (unpaired) electrons. The van der Waals surface area contributed by atoms with Gasteiger partial charge in [0.25, 0.3) is 5.91 Å². The molecule has 4 rings (SSSR count). The summed E-state index contributed by atoms with van der Waals surface area (Å²) in [4.78, 5) is 39.7. The summed E-state index contributed by atoms with van der Waals surface area (Å²) in [6.45, 7) is 1.80. The van der Waals surface area contributed by atoms with Gasteiger partial charge in [-0.1, -0.05) is 24.3 Å². The van der Waals surface area contributed by atoms with E-state index in [9.17, 15) is 14.4 Å². The van der Waals surface area contributed by atoms with Crippen molar-refractivity contribution in [2.24, 2.45) is 0 Å². The zero-order valence-corrected chi connectivity index (χ0v) is 16.8. The van der Waals surface area contributed by atoms with Crippen LogP contribution in [0.5, 0.6) is 0 Å². The monoisotopic (exact) mass is 417 g/mol. The first-order valence-corrected chi connectivity index (χ1v) is 9.40. The maximum atomic E-state index is 13.1. The SMILES string of the molecule is COC(=O)c1cc(C(=O)Nc2cccc(-n3c(C)c[nH]c3=O)c2)n(-c2ccccc2)n1. The standard InChI is InChI=1S/C22H19N5O4/c1-14-13-23-22(30)26(14)17-10-6-7-15(11-17)24-20(28)19-12-18(21(29)31-2)25-27(19)16-8-4-3-5-9-16/h3-13H,1-2H3,(H,23,30)(H,24,28). The summed E-state index contributed by atoms with van der Waals surface area (Å²) < 4.78 is 7.62. The third kappa shape index (κ3) is 3.88. The second-order valence-corrected chi connectivity index (χ2v) is 6.73. The number of aryl methyl sites for hydroxylation is 1. The first kappa shape index (κ1) is 19.9. The molecule has 0 fully saturated rings. The Balaban J connectivity index is 1.69. The number of carbonyl (C=O) groups excluding carboxylic acids is 2. The van der Waals surface area contributed by atoms with Gasteiger partial charge in [-0.3, -0.25) is 9.36 Å². The van der Waals surface area contributed by atoms with Gasteiger partial charge < -0.3 is 15.0 Å². The van der Waals surface area contributed by atoms with Crippen LogP contribution >= 0.6 is 0 Å². The molecule has 0 spiro atoms. The third-order valence-corrected chi connectivity index (χ3v) is 4.66. The number of anilines is 1. The smallest absolute Gasteiger partial charge is 0.358 e. The van der Waals surface area contributed by atoms with E-state index in [0.717, 1.165) is 5.69 Å². The van der Waals surface area contributed by atoms with E-state index < -0.39 is 11.9 Å². The number of hydrogen-bond acceptors (Lipinski definition) is 5. The Kier molecular flexibility index (Phi) is 5.23. The normalized spacial score (nSPS) is 10.6. The number of nitrogens with zero attached hydrogens (tertiary/aromatic N) is 3. The summed E-state index contributed by atoms with van der Waals surface area (Å²) in [6, 6.07) is 17.2. The van der Waals surface area contributed by atoms with Crippen molar-refractivity contribution in [3.63, 3.8) is 0 Å². The summed E-state index contributed by atoms with van der Waals surface area (Å²) in [5.41, 5.74) is 2.34. The van der Waals surface area contributed by atoms with Gasteiger partial charge in [-0.05, 0) is 37.3 Å². The van der Waals surface area contributed by atoms with Gasteiger partial charge in [0.2, 0.25) is 0 Å². The minimum absolute atomic E-state index is 0.0137. The average Bonchev–Trinajstić information content (AvgIpc) is 3.37. The van der Waals surface area contributed by atoms with Gasteiger partial charge in [0.15, 0.2) is 5.69 Å². The quantitative estimate of drug-likeness (QED) is 0.485. The second-order valence-electron chi connectivity index (χ2n) is 6.73. The number of esters is 1. The van der Waals surface area contributed by atoms with Crippen LogP contribution in [0.15, 0.2) is 71.7 Å². The van der Waals surface area contributed by atoms with E-state index in [-0.39, 0.29) is 17.1 Å². The number of methoxy groups -OCH3 is 1. The highest BCUT2D eigenvalue weighted by Crippen LogP contribution is 2.18. The van der Waals surface area contributed by atoms with E-state index in [4.69, 9.17) is 4.74 Å². The number of benzene rings is 2. The van der Waals surface area contributed by atoms with Crippen LogP contribution in [-0.2, 0) is 4.74 Å². The van der Waals surface area contributed by atoms with Crippen molar-refractivity contribution in [1.29, 1.82) is 0 Å². The molecule has 0 saturated carbocycles. The molecule has 2 aromatic heterocycles. The number of aromatic nitrogens is 4. The lowest BCUT2D eigenvalue weighted by Gasteiger charge is -2.10. The molecule has 0 saturated heterocycles. The Morgan fingerprint density at radius 2 is 1.77 bits per heavy atom. The van der Waals surface area contributed by atoms with Crippen LogP contribution in [0, 0.1) is 6.92 Å². The number of aromatic amines is 1. The van der Waals surface area contributed by atoms with Gasteiger partial charge in [-0.25, -0.2) is 14.3 Å². The number of carbonyl (C=O) groups is 2. The van der Waals surface area contributed by atoms with E-state index >= 15 is 0 Å². The van der Waals surface area contributed by atoms with E-state index in [1.165, 1.54) is 22.4 Å². The maximum Gasteiger partial charge on any atom is 0.358 e. The number of para-hydroxylation sites is 1. The number of amides is 1. The molecule has 1 amide bonds. The molecular weight excluding hydrogens is 398 g/mol. The van der Waals surface area contributed by atoms with Crippen LogP contribution in [0.1, 0.15) is 26.7 Å². The van der Waals surface area contributed by atoms with Crippen LogP contribution in [0.3, 0.4) is 0 Å². The molecule has 2 N–H and O–H groups in total. The lowest BCUT2D eigenvalue weighted by molar-refractivity contribution is 0.0593. The number of nitrogens with one attached hydrogen (secondary N) is 2. The molecule has 0 unspecified atom stereocenters. The molecule has 4 aromatic rings. The Morgan fingerprint density at radius 3 is 2.45 bits per heavy atom. The van der Waals surface area contributed by atoms with Crippen molar-refractivity contribution in [3.8, 4) is 11.4 Å². The van der Waals surface area contributed by atoms with Crippen LogP contribution in [0.2, 0.25) is 0 Å². The van der Waals surface area contributed by atoms with Crippen molar-refractivity contribution in [1.82, 2.24) is 19.3 Å². The average molecular weight is 417 g/mol. The van der Waals surface area contributed by atoms with Gasteiger partial charge in [-0.2, -0.15) is 5.10 Å². The van der Waals surface area contributed by atoms with Gasteiger partial charge in [0.05, 0.1) is 18.5 Å². The summed E-state index contributed by atoms with van der Waals surface area (Å²) >= 11 is 0. The van der Waals surface area contributed by atoms with Crippen LogP contribution < -0.4 is 11.0 Å². The van der Waals surface area contributed by atoms with Crippen LogP contribution in [-0.4, -0.2) is 38.3 Å². The molecule has 2 aromatic carbocycles. The van der Waals surface area contributed by atoms with Crippen LogP contribution in [0.25, 0.3) is 11.4 Å². The fourth-order valence-corrected chi connectivity index (χ4v) is 3.21. The molecule has 2 heterocycles. The first-order valence-electron chi connectivity index (χ1n) is 9.40. The largest absolute Gasteiger partial charge is 0.464 e. The number of imidazole rings is 1. The molecule has 9 nitrogen and oxygen atoms in total. The minimum Gasteiger partial charge on any atom is -0.464 e. The summed E-state index contributed by atoms with van der Waals surface area (Å²) in [5, 5.41) is 7.03. The molecule has 9 heteroatoms. The zero-order chi connectivity index (χ0) is 22.0. The molecule has 31 heavy (non-hydrogen) atoms. The van der Waals surface area contributed by atoms with Gasteiger partial charge in [0, 0.05) is 23.6 Å². The van der Waals surface area contributed by atoms with E-state index in [0.29, 0.717) is 17.1 Å². The Bertz CT molecular complexity index is 1320. The highest BCUT2D eigenvalue weighted by molar-refractivity contribution is 6.05. The van der Waals surface area contributed by atoms with Gasteiger partial charge >= 0.3 is 11.7 Å². The highest BCUT2D eigenvalue weighted by Gasteiger charge is 2.21. The Labute approximate surface area is 176 Å². The fourth-order valence-electron chi connectivity index (χ4n) is 3.21. The molecule has 0 atom stereocenters.